The van der Waals surface area contributed by atoms with Crippen LogP contribution in [0, 0.1) is 6.92 Å². The fourth-order valence-corrected chi connectivity index (χ4v) is 2.67. The van der Waals surface area contributed by atoms with Crippen LogP contribution in [0.5, 0.6) is 0 Å². The molecule has 0 unspecified atom stereocenters. The number of halogens is 1. The van der Waals surface area contributed by atoms with Gasteiger partial charge in [-0.2, -0.15) is 0 Å². The van der Waals surface area contributed by atoms with Crippen molar-refractivity contribution in [2.75, 3.05) is 0 Å². The molecule has 0 bridgehead atoms. The molecule has 1 aromatic carbocycles. The Kier molecular flexibility index (Phi) is 3.75. The molecule has 1 amide bonds. The first-order valence-corrected chi connectivity index (χ1v) is 7.40. The Bertz CT molecular complexity index is 810. The molecule has 0 saturated heterocycles. The van der Waals surface area contributed by atoms with Crippen LogP contribution in [0.25, 0.3) is 5.65 Å². The van der Waals surface area contributed by atoms with Crippen molar-refractivity contribution < 1.29 is 4.79 Å². The predicted octanol–water partition coefficient (Wildman–Crippen LogP) is 3.34. The summed E-state index contributed by atoms with van der Waals surface area (Å²) in [5.74, 6) is -0.115. The van der Waals surface area contributed by atoms with E-state index in [-0.39, 0.29) is 5.91 Å². The number of nitrogens with one attached hydrogen (secondary N) is 1. The first-order chi connectivity index (χ1) is 10.1. The number of hydrogen-bond acceptors (Lipinski definition) is 2. The number of pyridine rings is 1. The van der Waals surface area contributed by atoms with E-state index >= 15 is 0 Å². The first-order valence-electron chi connectivity index (χ1n) is 6.61. The van der Waals surface area contributed by atoms with Crippen LogP contribution in [0.2, 0.25) is 0 Å². The third kappa shape index (κ3) is 2.83. The summed E-state index contributed by atoms with van der Waals surface area (Å²) in [6.45, 7) is 2.42. The van der Waals surface area contributed by atoms with Gasteiger partial charge in [0.25, 0.3) is 5.91 Å². The quantitative estimate of drug-likeness (QED) is 0.792. The summed E-state index contributed by atoms with van der Waals surface area (Å²) >= 11 is 3.38. The maximum absolute atomic E-state index is 12.1. The molecule has 3 aromatic rings. The highest BCUT2D eigenvalue weighted by Crippen LogP contribution is 2.16. The summed E-state index contributed by atoms with van der Waals surface area (Å²) in [5.41, 5.74) is 3.49. The molecule has 2 aromatic heterocycles. The molecule has 3 rings (SSSR count). The lowest BCUT2D eigenvalue weighted by molar-refractivity contribution is 0.0949. The average Bonchev–Trinajstić information content (AvgIpc) is 2.90. The Morgan fingerprint density at radius 2 is 2.10 bits per heavy atom. The Balaban J connectivity index is 1.76. The number of fused-ring (bicyclic) bond motifs is 1. The maximum atomic E-state index is 12.1. The van der Waals surface area contributed by atoms with Crippen LogP contribution >= 0.6 is 15.9 Å². The molecule has 1 N–H and O–H groups in total. The van der Waals surface area contributed by atoms with E-state index in [9.17, 15) is 4.79 Å². The number of aryl methyl sites for hydroxylation is 1. The Morgan fingerprint density at radius 1 is 1.29 bits per heavy atom. The van der Waals surface area contributed by atoms with Gasteiger partial charge in [0.05, 0.1) is 17.8 Å². The molecule has 4 nitrogen and oxygen atoms in total. The van der Waals surface area contributed by atoms with Gasteiger partial charge in [0.15, 0.2) is 0 Å². The number of carbonyl (C=O) groups excluding carboxylic acids is 1. The minimum atomic E-state index is -0.115. The molecule has 0 atom stereocenters. The first kappa shape index (κ1) is 13.8. The number of amides is 1. The molecule has 0 aliphatic heterocycles. The Labute approximate surface area is 131 Å². The van der Waals surface area contributed by atoms with Crippen molar-refractivity contribution in [1.29, 1.82) is 0 Å². The molecule has 0 spiro atoms. The van der Waals surface area contributed by atoms with Crippen LogP contribution in [-0.4, -0.2) is 15.3 Å². The molecule has 2 heterocycles. The van der Waals surface area contributed by atoms with Crippen molar-refractivity contribution in [2.24, 2.45) is 0 Å². The zero-order chi connectivity index (χ0) is 14.8. The Morgan fingerprint density at radius 3 is 2.86 bits per heavy atom. The number of rotatable bonds is 3. The van der Waals surface area contributed by atoms with E-state index in [1.54, 1.807) is 6.07 Å². The van der Waals surface area contributed by atoms with Crippen molar-refractivity contribution in [2.45, 2.75) is 13.5 Å². The topological polar surface area (TPSA) is 46.4 Å². The van der Waals surface area contributed by atoms with E-state index in [1.807, 2.05) is 54.0 Å². The smallest absolute Gasteiger partial charge is 0.252 e. The number of aromatic nitrogens is 2. The molecule has 0 radical (unpaired) electrons. The van der Waals surface area contributed by atoms with Gasteiger partial charge in [-0.1, -0.05) is 18.2 Å². The van der Waals surface area contributed by atoms with E-state index in [4.69, 9.17) is 0 Å². The van der Waals surface area contributed by atoms with E-state index in [0.717, 1.165) is 21.4 Å². The summed E-state index contributed by atoms with van der Waals surface area (Å²) in [6.07, 6.45) is 3.89. The van der Waals surface area contributed by atoms with E-state index in [0.29, 0.717) is 12.1 Å². The maximum Gasteiger partial charge on any atom is 0.252 e. The van der Waals surface area contributed by atoms with Gasteiger partial charge in [0.2, 0.25) is 0 Å². The zero-order valence-corrected chi connectivity index (χ0v) is 13.1. The second-order valence-electron chi connectivity index (χ2n) is 4.82. The molecule has 0 aliphatic rings. The third-order valence-corrected chi connectivity index (χ3v) is 3.97. The predicted molar refractivity (Wildman–Crippen MR) is 85.2 cm³/mol. The number of imidazole rings is 1. The average molecular weight is 344 g/mol. The summed E-state index contributed by atoms with van der Waals surface area (Å²) in [7, 11) is 0. The van der Waals surface area contributed by atoms with Crippen molar-refractivity contribution in [3.8, 4) is 0 Å². The van der Waals surface area contributed by atoms with Crippen LogP contribution < -0.4 is 5.32 Å². The van der Waals surface area contributed by atoms with Gasteiger partial charge in [0, 0.05) is 16.9 Å². The highest BCUT2D eigenvalue weighted by atomic mass is 79.9. The van der Waals surface area contributed by atoms with Gasteiger partial charge >= 0.3 is 0 Å². The van der Waals surface area contributed by atoms with Crippen LogP contribution in [-0.2, 0) is 6.54 Å². The molecular weight excluding hydrogens is 330 g/mol. The van der Waals surface area contributed by atoms with Gasteiger partial charge in [-0.05, 0) is 46.6 Å². The second kappa shape index (κ2) is 5.69. The summed E-state index contributed by atoms with van der Waals surface area (Å²) in [5, 5.41) is 2.89. The lowest BCUT2D eigenvalue weighted by Crippen LogP contribution is -2.23. The van der Waals surface area contributed by atoms with Gasteiger partial charge in [-0.25, -0.2) is 4.98 Å². The molecule has 0 fully saturated rings. The van der Waals surface area contributed by atoms with Crippen molar-refractivity contribution in [3.05, 3.63) is 70.1 Å². The minimum Gasteiger partial charge on any atom is -0.346 e. The SMILES string of the molecule is Cc1cccn2cc(CNC(=O)c3ccccc3Br)nc12. The molecule has 0 saturated carbocycles. The van der Waals surface area contributed by atoms with Gasteiger partial charge in [-0.3, -0.25) is 4.79 Å². The number of benzene rings is 1. The number of carbonyl (C=O) groups is 1. The van der Waals surface area contributed by atoms with Crippen molar-refractivity contribution in [3.63, 3.8) is 0 Å². The van der Waals surface area contributed by atoms with Gasteiger partial charge in [0.1, 0.15) is 5.65 Å². The standard InChI is InChI=1S/C16H14BrN3O/c1-11-5-4-8-20-10-12(19-15(11)20)9-18-16(21)13-6-2-3-7-14(13)17/h2-8,10H,9H2,1H3,(H,18,21). The zero-order valence-electron chi connectivity index (χ0n) is 11.5. The van der Waals surface area contributed by atoms with Crippen LogP contribution in [0.4, 0.5) is 0 Å². The van der Waals surface area contributed by atoms with Gasteiger partial charge < -0.3 is 9.72 Å². The molecule has 0 aliphatic carbocycles. The summed E-state index contributed by atoms with van der Waals surface area (Å²) < 4.78 is 2.75. The summed E-state index contributed by atoms with van der Waals surface area (Å²) in [4.78, 5) is 16.7. The fraction of sp³-hybridized carbons (Fsp3) is 0.125. The lowest BCUT2D eigenvalue weighted by Gasteiger charge is -2.04. The number of hydrogen-bond donors (Lipinski definition) is 1. The van der Waals surface area contributed by atoms with E-state index in [1.165, 1.54) is 0 Å². The summed E-state index contributed by atoms with van der Waals surface area (Å²) in [6, 6.07) is 11.4. The van der Waals surface area contributed by atoms with Gasteiger partial charge in [-0.15, -0.1) is 0 Å². The van der Waals surface area contributed by atoms with Crippen LogP contribution in [0.1, 0.15) is 21.6 Å². The monoisotopic (exact) mass is 343 g/mol. The molecular formula is C16H14BrN3O. The van der Waals surface area contributed by atoms with E-state index in [2.05, 4.69) is 26.2 Å². The molecule has 5 heteroatoms. The highest BCUT2D eigenvalue weighted by Gasteiger charge is 2.10. The van der Waals surface area contributed by atoms with Crippen LogP contribution in [0.15, 0.2) is 53.3 Å². The largest absolute Gasteiger partial charge is 0.346 e. The molecule has 106 valence electrons. The van der Waals surface area contributed by atoms with E-state index < -0.39 is 0 Å². The third-order valence-electron chi connectivity index (χ3n) is 3.28. The number of nitrogens with zero attached hydrogens (tertiary/aromatic N) is 2. The normalized spacial score (nSPS) is 10.8. The lowest BCUT2D eigenvalue weighted by atomic mass is 10.2. The fourth-order valence-electron chi connectivity index (χ4n) is 2.20. The molecule has 21 heavy (non-hydrogen) atoms. The van der Waals surface area contributed by atoms with Crippen LogP contribution in [0.3, 0.4) is 0 Å². The highest BCUT2D eigenvalue weighted by molar-refractivity contribution is 9.10. The van der Waals surface area contributed by atoms with Crippen molar-refractivity contribution in [1.82, 2.24) is 14.7 Å². The minimum absolute atomic E-state index is 0.115. The second-order valence-corrected chi connectivity index (χ2v) is 5.67. The van der Waals surface area contributed by atoms with Crippen molar-refractivity contribution >= 4 is 27.5 Å². The Hall–Kier alpha value is -2.14.